The third kappa shape index (κ3) is 5.14. The van der Waals surface area contributed by atoms with Gasteiger partial charge in [0.2, 0.25) is 5.76 Å². The van der Waals surface area contributed by atoms with Crippen LogP contribution < -0.4 is 5.32 Å². The average Bonchev–Trinajstić information content (AvgIpc) is 3.04. The van der Waals surface area contributed by atoms with Crippen molar-refractivity contribution in [1.82, 2.24) is 5.32 Å². The second-order valence-corrected chi connectivity index (χ2v) is 7.12. The molecule has 3 rings (SSSR count). The fourth-order valence-corrected chi connectivity index (χ4v) is 3.46. The van der Waals surface area contributed by atoms with Gasteiger partial charge in [0.1, 0.15) is 5.58 Å². The number of carbonyl (C=O) groups excluding carboxylic acids is 2. The molecule has 0 atom stereocenters. The van der Waals surface area contributed by atoms with E-state index in [1.807, 2.05) is 36.4 Å². The number of thioether (sulfide) groups is 1. The molecule has 0 aliphatic heterocycles. The number of benzene rings is 2. The van der Waals surface area contributed by atoms with E-state index in [9.17, 15) is 9.59 Å². The lowest BCUT2D eigenvalue weighted by Gasteiger charge is -2.06. The Kier molecular flexibility index (Phi) is 6.54. The molecule has 140 valence electrons. The Hall–Kier alpha value is -2.73. The fraction of sp³-hybridized carbons (Fsp3) is 0.238. The van der Waals surface area contributed by atoms with Gasteiger partial charge in [0.05, 0.1) is 0 Å². The van der Waals surface area contributed by atoms with Crippen LogP contribution in [0, 0.1) is 6.92 Å². The van der Waals surface area contributed by atoms with E-state index in [0.29, 0.717) is 17.7 Å². The van der Waals surface area contributed by atoms with Gasteiger partial charge in [-0.1, -0.05) is 48.5 Å². The minimum Gasteiger partial charge on any atom is -0.450 e. The van der Waals surface area contributed by atoms with Gasteiger partial charge in [0.25, 0.3) is 5.91 Å². The van der Waals surface area contributed by atoms with Crippen LogP contribution >= 0.6 is 11.8 Å². The highest BCUT2D eigenvalue weighted by atomic mass is 32.2. The van der Waals surface area contributed by atoms with Crippen LogP contribution in [0.15, 0.2) is 59.0 Å². The molecule has 0 fully saturated rings. The van der Waals surface area contributed by atoms with Crippen LogP contribution in [0.1, 0.15) is 21.7 Å². The molecular weight excluding hydrogens is 362 g/mol. The summed E-state index contributed by atoms with van der Waals surface area (Å²) in [7, 11) is 0. The molecule has 0 bridgehead atoms. The maximum absolute atomic E-state index is 12.2. The van der Waals surface area contributed by atoms with E-state index in [1.54, 1.807) is 24.8 Å². The number of nitrogens with one attached hydrogen (secondary N) is 1. The molecule has 0 radical (unpaired) electrons. The van der Waals surface area contributed by atoms with Crippen molar-refractivity contribution in [1.29, 1.82) is 0 Å². The zero-order valence-electron chi connectivity index (χ0n) is 15.1. The third-order valence-corrected chi connectivity index (χ3v) is 5.07. The van der Waals surface area contributed by atoms with Crippen LogP contribution in [0.4, 0.5) is 0 Å². The highest BCUT2D eigenvalue weighted by molar-refractivity contribution is 7.98. The van der Waals surface area contributed by atoms with Crippen molar-refractivity contribution in [3.63, 3.8) is 0 Å². The Morgan fingerprint density at radius 1 is 1.07 bits per heavy atom. The number of hydrogen-bond donors (Lipinski definition) is 1. The first-order valence-corrected chi connectivity index (χ1v) is 9.84. The number of hydrogen-bond acceptors (Lipinski definition) is 5. The van der Waals surface area contributed by atoms with E-state index in [2.05, 4.69) is 17.4 Å². The molecule has 6 heteroatoms. The molecule has 0 aliphatic carbocycles. The maximum atomic E-state index is 12.2. The monoisotopic (exact) mass is 383 g/mol. The minimum atomic E-state index is -0.627. The lowest BCUT2D eigenvalue weighted by molar-refractivity contribution is -0.124. The van der Waals surface area contributed by atoms with Crippen molar-refractivity contribution in [3.05, 3.63) is 71.5 Å². The summed E-state index contributed by atoms with van der Waals surface area (Å²) >= 11 is 1.74. The van der Waals surface area contributed by atoms with Gasteiger partial charge in [0.15, 0.2) is 6.61 Å². The Labute approximate surface area is 162 Å². The van der Waals surface area contributed by atoms with E-state index in [4.69, 9.17) is 9.15 Å². The van der Waals surface area contributed by atoms with E-state index in [-0.39, 0.29) is 18.3 Å². The van der Waals surface area contributed by atoms with Gasteiger partial charge in [-0.15, -0.1) is 0 Å². The van der Waals surface area contributed by atoms with Crippen LogP contribution in [0.2, 0.25) is 0 Å². The largest absolute Gasteiger partial charge is 0.450 e. The molecule has 1 amide bonds. The zero-order valence-corrected chi connectivity index (χ0v) is 15.9. The quantitative estimate of drug-likeness (QED) is 0.471. The smallest absolute Gasteiger partial charge is 0.375 e. The molecule has 1 aromatic heterocycles. The molecular formula is C21H21NO4S. The summed E-state index contributed by atoms with van der Waals surface area (Å²) in [5.41, 5.74) is 2.60. The molecule has 0 unspecified atom stereocenters. The number of carbonyl (C=O) groups is 2. The van der Waals surface area contributed by atoms with Gasteiger partial charge < -0.3 is 14.5 Å². The van der Waals surface area contributed by atoms with Gasteiger partial charge in [-0.3, -0.25) is 4.79 Å². The topological polar surface area (TPSA) is 68.5 Å². The van der Waals surface area contributed by atoms with E-state index >= 15 is 0 Å². The number of para-hydroxylation sites is 1. The lowest BCUT2D eigenvalue weighted by Crippen LogP contribution is -2.30. The number of amides is 1. The highest BCUT2D eigenvalue weighted by Crippen LogP contribution is 2.25. The predicted molar refractivity (Wildman–Crippen MR) is 107 cm³/mol. The van der Waals surface area contributed by atoms with Crippen LogP contribution in [-0.4, -0.2) is 30.8 Å². The lowest BCUT2D eigenvalue weighted by atomic mass is 10.1. The van der Waals surface area contributed by atoms with Crippen molar-refractivity contribution < 1.29 is 18.7 Å². The summed E-state index contributed by atoms with van der Waals surface area (Å²) in [5.74, 6) is 0.881. The molecule has 2 aromatic carbocycles. The molecule has 1 heterocycles. The van der Waals surface area contributed by atoms with Crippen LogP contribution in [0.25, 0.3) is 11.0 Å². The molecule has 3 aromatic rings. The number of ether oxygens (including phenoxy) is 1. The molecule has 27 heavy (non-hydrogen) atoms. The van der Waals surface area contributed by atoms with E-state index < -0.39 is 5.97 Å². The Morgan fingerprint density at radius 2 is 1.81 bits per heavy atom. The minimum absolute atomic E-state index is 0.141. The number of aryl methyl sites for hydroxylation is 1. The predicted octanol–water partition coefficient (Wildman–Crippen LogP) is 3.95. The number of furan rings is 1. The van der Waals surface area contributed by atoms with Crippen molar-refractivity contribution in [3.8, 4) is 0 Å². The fourth-order valence-electron chi connectivity index (χ4n) is 2.64. The molecule has 0 spiro atoms. The molecule has 0 aliphatic rings. The second-order valence-electron chi connectivity index (χ2n) is 6.02. The van der Waals surface area contributed by atoms with Crippen LogP contribution in [0.3, 0.4) is 0 Å². The van der Waals surface area contributed by atoms with Crippen LogP contribution in [0.5, 0.6) is 0 Å². The van der Waals surface area contributed by atoms with Gasteiger partial charge in [-0.2, -0.15) is 11.8 Å². The number of esters is 1. The normalized spacial score (nSPS) is 10.7. The molecule has 0 saturated carbocycles. The molecule has 1 N–H and O–H groups in total. The zero-order chi connectivity index (χ0) is 19.1. The summed E-state index contributed by atoms with van der Waals surface area (Å²) in [4.78, 5) is 24.0. The molecule has 0 saturated heterocycles. The van der Waals surface area contributed by atoms with Crippen molar-refractivity contribution >= 4 is 34.6 Å². The highest BCUT2D eigenvalue weighted by Gasteiger charge is 2.19. The summed E-state index contributed by atoms with van der Waals surface area (Å²) in [6, 6.07) is 17.5. The Morgan fingerprint density at radius 3 is 2.59 bits per heavy atom. The van der Waals surface area contributed by atoms with Crippen molar-refractivity contribution in [2.45, 2.75) is 12.7 Å². The van der Waals surface area contributed by atoms with E-state index in [1.165, 1.54) is 5.56 Å². The first kappa shape index (κ1) is 19.0. The van der Waals surface area contributed by atoms with Gasteiger partial charge in [-0.25, -0.2) is 4.79 Å². The van der Waals surface area contributed by atoms with Crippen molar-refractivity contribution in [2.24, 2.45) is 0 Å². The van der Waals surface area contributed by atoms with Gasteiger partial charge in [-0.05, 0) is 18.6 Å². The summed E-state index contributed by atoms with van der Waals surface area (Å²) in [5, 5.41) is 3.61. The first-order valence-electron chi connectivity index (χ1n) is 8.69. The average molecular weight is 383 g/mol. The van der Waals surface area contributed by atoms with Gasteiger partial charge in [0, 0.05) is 29.0 Å². The number of rotatable bonds is 8. The van der Waals surface area contributed by atoms with E-state index in [0.717, 1.165) is 16.9 Å². The number of fused-ring (bicyclic) bond motifs is 1. The van der Waals surface area contributed by atoms with Gasteiger partial charge >= 0.3 is 5.97 Å². The molecule has 5 nitrogen and oxygen atoms in total. The standard InChI is InChI=1S/C21H21NO4S/c1-15-17-9-5-6-10-18(17)26-20(15)21(24)25-13-19(23)22-11-12-27-14-16-7-3-2-4-8-16/h2-10H,11-14H2,1H3,(H,22,23). The van der Waals surface area contributed by atoms with Crippen molar-refractivity contribution in [2.75, 3.05) is 18.9 Å². The van der Waals surface area contributed by atoms with Crippen LogP contribution in [-0.2, 0) is 15.3 Å². The second kappa shape index (κ2) is 9.28. The Balaban J connectivity index is 1.38. The summed E-state index contributed by atoms with van der Waals surface area (Å²) in [6.07, 6.45) is 0. The Bertz CT molecular complexity index is 920. The SMILES string of the molecule is Cc1c(C(=O)OCC(=O)NCCSCc2ccccc2)oc2ccccc12. The summed E-state index contributed by atoms with van der Waals surface area (Å²) < 4.78 is 10.6. The summed E-state index contributed by atoms with van der Waals surface area (Å²) in [6.45, 7) is 2.00. The maximum Gasteiger partial charge on any atom is 0.375 e. The third-order valence-electron chi connectivity index (χ3n) is 4.04. The first-order chi connectivity index (χ1) is 13.1.